The molecular formula is C48H50N2. The summed E-state index contributed by atoms with van der Waals surface area (Å²) in [5.41, 5.74) is 18.0. The van der Waals surface area contributed by atoms with Crippen LogP contribution in [0.2, 0.25) is 0 Å². The predicted molar refractivity (Wildman–Crippen MR) is 208 cm³/mol. The molecule has 0 radical (unpaired) electrons. The van der Waals surface area contributed by atoms with E-state index in [1.54, 1.807) is 11.1 Å². The molecule has 0 amide bonds. The largest absolute Gasteiger partial charge is 0.337 e. The van der Waals surface area contributed by atoms with E-state index in [-0.39, 0.29) is 10.8 Å². The van der Waals surface area contributed by atoms with E-state index in [0.29, 0.717) is 23.8 Å². The summed E-state index contributed by atoms with van der Waals surface area (Å²) in [6.07, 6.45) is 35.9. The zero-order valence-corrected chi connectivity index (χ0v) is 30.3. The van der Waals surface area contributed by atoms with Crippen molar-refractivity contribution in [1.82, 2.24) is 4.90 Å². The molecule has 1 heterocycles. The first-order valence-corrected chi connectivity index (χ1v) is 19.4. The average Bonchev–Trinajstić information content (AvgIpc) is 3.69. The van der Waals surface area contributed by atoms with E-state index in [1.807, 2.05) is 0 Å². The van der Waals surface area contributed by atoms with E-state index in [1.165, 1.54) is 69.1 Å². The Labute approximate surface area is 299 Å². The summed E-state index contributed by atoms with van der Waals surface area (Å²) < 4.78 is 0. The number of nitrogens with zero attached hydrogens (tertiary/aromatic N) is 2. The lowest BCUT2D eigenvalue weighted by molar-refractivity contribution is 0.223. The number of allylic oxidation sites excluding steroid dienone is 14. The van der Waals surface area contributed by atoms with E-state index in [0.717, 1.165) is 38.5 Å². The topological polar surface area (TPSA) is 6.48 Å². The highest BCUT2D eigenvalue weighted by Gasteiger charge is 2.49. The second-order valence-corrected chi connectivity index (χ2v) is 17.0. The van der Waals surface area contributed by atoms with Crippen LogP contribution in [0.5, 0.6) is 0 Å². The van der Waals surface area contributed by atoms with Crippen LogP contribution in [0.3, 0.4) is 0 Å². The highest BCUT2D eigenvalue weighted by Crippen LogP contribution is 2.59. The van der Waals surface area contributed by atoms with Crippen LogP contribution in [0.15, 0.2) is 149 Å². The zero-order valence-electron chi connectivity index (χ0n) is 30.3. The lowest BCUT2D eigenvalue weighted by Gasteiger charge is -2.41. The van der Waals surface area contributed by atoms with Gasteiger partial charge in [0, 0.05) is 39.8 Å². The molecule has 2 heteroatoms. The van der Waals surface area contributed by atoms with Gasteiger partial charge < -0.3 is 9.80 Å². The van der Waals surface area contributed by atoms with E-state index in [9.17, 15) is 0 Å². The van der Waals surface area contributed by atoms with Gasteiger partial charge in [-0.2, -0.15) is 0 Å². The maximum absolute atomic E-state index is 2.74. The van der Waals surface area contributed by atoms with Crippen LogP contribution in [0.4, 0.5) is 5.69 Å². The van der Waals surface area contributed by atoms with Crippen LogP contribution in [0.1, 0.15) is 90.2 Å². The maximum Gasteiger partial charge on any atom is 0.0626 e. The van der Waals surface area contributed by atoms with Gasteiger partial charge in [-0.15, -0.1) is 0 Å². The lowest BCUT2D eigenvalue weighted by atomic mass is 9.69. The van der Waals surface area contributed by atoms with Crippen molar-refractivity contribution in [2.45, 2.75) is 90.5 Å². The molecule has 2 aromatic carbocycles. The quantitative estimate of drug-likeness (QED) is 0.324. The standard InChI is InChI=1S/C48H50N2/c1-47(2)41-19-11-8-16-35(41)37-25-22-33(29-43(37)47)49(34-23-26-38-36-17-9-12-20-42(36)48(3,4)44(38)30-34)32-24-27-46-40(28-32)39-18-10-13-21-45(39)50(46)31-14-6-5-7-15-31/h6,8,10-16,18-23,25,28-29,38-39,44-45H,5,7,9,17,24,26-27,30H2,1-4H3. The van der Waals surface area contributed by atoms with E-state index in [2.05, 4.69) is 147 Å². The van der Waals surface area contributed by atoms with E-state index in [4.69, 9.17) is 0 Å². The Kier molecular flexibility index (Phi) is 6.77. The van der Waals surface area contributed by atoms with Gasteiger partial charge in [0.05, 0.1) is 6.04 Å². The Bertz CT molecular complexity index is 2100. The molecule has 0 spiro atoms. The molecule has 0 saturated heterocycles. The van der Waals surface area contributed by atoms with E-state index < -0.39 is 0 Å². The zero-order chi connectivity index (χ0) is 33.8. The third-order valence-corrected chi connectivity index (χ3v) is 13.8. The third-order valence-electron chi connectivity index (χ3n) is 13.8. The Hall–Kier alpha value is -4.30. The fourth-order valence-corrected chi connectivity index (χ4v) is 11.3. The van der Waals surface area contributed by atoms with Crippen molar-refractivity contribution in [1.29, 1.82) is 0 Å². The van der Waals surface area contributed by atoms with Crippen molar-refractivity contribution in [2.75, 3.05) is 4.90 Å². The fourth-order valence-electron chi connectivity index (χ4n) is 11.3. The Balaban J connectivity index is 1.10. The molecule has 252 valence electrons. The molecule has 1 aliphatic heterocycles. The van der Waals surface area contributed by atoms with Gasteiger partial charge in [0.2, 0.25) is 0 Å². The summed E-state index contributed by atoms with van der Waals surface area (Å²) in [6.45, 7) is 9.91. The lowest BCUT2D eigenvalue weighted by Crippen LogP contribution is -2.34. The summed E-state index contributed by atoms with van der Waals surface area (Å²) in [4.78, 5) is 5.42. The Morgan fingerprint density at radius 3 is 2.50 bits per heavy atom. The molecule has 0 N–H and O–H groups in total. The van der Waals surface area contributed by atoms with Crippen molar-refractivity contribution in [3.05, 3.63) is 160 Å². The van der Waals surface area contributed by atoms with Gasteiger partial charge in [0.25, 0.3) is 0 Å². The van der Waals surface area contributed by atoms with Crippen molar-refractivity contribution >= 4 is 5.69 Å². The number of hydrogen-bond donors (Lipinski definition) is 0. The van der Waals surface area contributed by atoms with Crippen molar-refractivity contribution in [3.8, 4) is 11.1 Å². The number of fused-ring (bicyclic) bond motifs is 7. The summed E-state index contributed by atoms with van der Waals surface area (Å²) in [5, 5.41) is 0. The third kappa shape index (κ3) is 4.33. The number of anilines is 1. The molecule has 4 atom stereocenters. The summed E-state index contributed by atoms with van der Waals surface area (Å²) in [6, 6.07) is 16.9. The van der Waals surface area contributed by atoms with Gasteiger partial charge >= 0.3 is 0 Å². The minimum atomic E-state index is -0.0291. The van der Waals surface area contributed by atoms with Crippen LogP contribution in [-0.2, 0) is 5.41 Å². The summed E-state index contributed by atoms with van der Waals surface area (Å²) >= 11 is 0. The normalized spacial score (nSPS) is 29.1. The molecule has 50 heavy (non-hydrogen) atoms. The van der Waals surface area contributed by atoms with Crippen LogP contribution in [0, 0.1) is 23.2 Å². The van der Waals surface area contributed by atoms with Crippen LogP contribution >= 0.6 is 0 Å². The molecule has 10 rings (SSSR count). The highest BCUT2D eigenvalue weighted by molar-refractivity contribution is 5.83. The van der Waals surface area contributed by atoms with Gasteiger partial charge in [-0.25, -0.2) is 0 Å². The molecule has 4 unspecified atom stereocenters. The molecule has 7 aliphatic carbocycles. The summed E-state index contributed by atoms with van der Waals surface area (Å²) in [5.74, 6) is 1.70. The highest BCUT2D eigenvalue weighted by atomic mass is 15.2. The Morgan fingerprint density at radius 1 is 0.780 bits per heavy atom. The van der Waals surface area contributed by atoms with Crippen LogP contribution in [0.25, 0.3) is 11.1 Å². The molecule has 8 aliphatic rings. The van der Waals surface area contributed by atoms with Crippen molar-refractivity contribution < 1.29 is 0 Å². The molecule has 2 nitrogen and oxygen atoms in total. The van der Waals surface area contributed by atoms with Crippen LogP contribution < -0.4 is 4.90 Å². The molecule has 0 fully saturated rings. The average molecular weight is 655 g/mol. The Morgan fingerprint density at radius 2 is 1.62 bits per heavy atom. The van der Waals surface area contributed by atoms with Gasteiger partial charge in [0.15, 0.2) is 0 Å². The van der Waals surface area contributed by atoms with Gasteiger partial charge in [-0.1, -0.05) is 118 Å². The maximum atomic E-state index is 2.74. The fraction of sp³-hybridized carbons (Fsp3) is 0.375. The first-order chi connectivity index (χ1) is 24.3. The molecule has 0 bridgehead atoms. The second-order valence-electron chi connectivity index (χ2n) is 17.0. The monoisotopic (exact) mass is 654 g/mol. The van der Waals surface area contributed by atoms with E-state index >= 15 is 0 Å². The first-order valence-electron chi connectivity index (χ1n) is 19.4. The molecule has 0 saturated carbocycles. The molecular weight excluding hydrogens is 605 g/mol. The minimum Gasteiger partial charge on any atom is -0.337 e. The van der Waals surface area contributed by atoms with Gasteiger partial charge in [0.1, 0.15) is 0 Å². The minimum absolute atomic E-state index is 0.0291. The van der Waals surface area contributed by atoms with Crippen molar-refractivity contribution in [3.63, 3.8) is 0 Å². The predicted octanol–water partition coefficient (Wildman–Crippen LogP) is 12.0. The molecule has 0 aromatic heterocycles. The van der Waals surface area contributed by atoms with Gasteiger partial charge in [-0.05, 0) is 126 Å². The number of hydrogen-bond acceptors (Lipinski definition) is 2. The first kappa shape index (κ1) is 30.5. The van der Waals surface area contributed by atoms with Crippen molar-refractivity contribution in [2.24, 2.45) is 23.2 Å². The second kappa shape index (κ2) is 11.1. The summed E-state index contributed by atoms with van der Waals surface area (Å²) in [7, 11) is 0. The van der Waals surface area contributed by atoms with Gasteiger partial charge in [-0.3, -0.25) is 0 Å². The van der Waals surface area contributed by atoms with Crippen LogP contribution in [-0.4, -0.2) is 10.9 Å². The molecule has 2 aromatic rings. The number of rotatable bonds is 4. The smallest absolute Gasteiger partial charge is 0.0626 e. The number of benzene rings is 2. The SMILES string of the molecule is CC1(C)c2ccccc2-c2ccc(N(C3=CC4=C(CC3)N(C3=CCCC=C3)C3C=CC=CC43)C3=CCC4C5=C(C=CCC5)C(C)(C)C4C3)cc21.